The topological polar surface area (TPSA) is 46.2 Å². The summed E-state index contributed by atoms with van der Waals surface area (Å²) in [5.74, 6) is -0.361. The van der Waals surface area contributed by atoms with Gasteiger partial charge in [-0.1, -0.05) is 6.07 Å². The lowest BCUT2D eigenvalue weighted by Crippen LogP contribution is -2.15. The summed E-state index contributed by atoms with van der Waals surface area (Å²) in [5, 5.41) is 14.9. The smallest absolute Gasteiger partial charge is 0.138 e. The summed E-state index contributed by atoms with van der Waals surface area (Å²) in [7, 11) is 0. The van der Waals surface area contributed by atoms with Crippen molar-refractivity contribution >= 4 is 11.9 Å². The van der Waals surface area contributed by atoms with Crippen LogP contribution in [0, 0.1) is 5.82 Å². The van der Waals surface area contributed by atoms with Gasteiger partial charge in [-0.05, 0) is 43.5 Å². The number of nitrogens with two attached hydrogens (primary N) is 1. The summed E-state index contributed by atoms with van der Waals surface area (Å²) in [6.45, 7) is 3.29. The molecule has 0 spiro atoms. The Hall–Kier alpha value is -0.580. The molecule has 0 fully saturated rings. The summed E-state index contributed by atoms with van der Waals surface area (Å²) >= 11 is 0.840. The normalized spacial score (nSPS) is 11.8. The second-order valence-corrected chi connectivity index (χ2v) is 4.00. The van der Waals surface area contributed by atoms with Gasteiger partial charge in [-0.3, -0.25) is 5.14 Å². The van der Waals surface area contributed by atoms with Crippen LogP contribution in [0.3, 0.4) is 0 Å². The van der Waals surface area contributed by atoms with E-state index in [1.165, 1.54) is 6.07 Å². The molecule has 0 aromatic heterocycles. The van der Waals surface area contributed by atoms with Crippen molar-refractivity contribution in [1.29, 1.82) is 0 Å². The summed E-state index contributed by atoms with van der Waals surface area (Å²) in [4.78, 5) is 0.347. The summed E-state index contributed by atoms with van der Waals surface area (Å²) < 4.78 is 13.0. The molecule has 1 aromatic carbocycles. The Morgan fingerprint density at radius 3 is 2.54 bits per heavy atom. The molecule has 0 saturated carbocycles. The Balaban J connectivity index is 3.14. The monoisotopic (exact) mass is 201 g/mol. The van der Waals surface area contributed by atoms with Gasteiger partial charge in [-0.2, -0.15) is 0 Å². The third-order valence-corrected chi connectivity index (χ3v) is 2.33. The van der Waals surface area contributed by atoms with Gasteiger partial charge in [0.2, 0.25) is 0 Å². The zero-order chi connectivity index (χ0) is 10.1. The molecule has 0 atom stereocenters. The maximum atomic E-state index is 13.0. The predicted molar refractivity (Wildman–Crippen MR) is 51.7 cm³/mol. The van der Waals surface area contributed by atoms with Crippen LogP contribution in [0.25, 0.3) is 0 Å². The third-order valence-electron chi connectivity index (χ3n) is 1.76. The van der Waals surface area contributed by atoms with Crippen LogP contribution in [0.15, 0.2) is 23.1 Å². The molecule has 0 heterocycles. The van der Waals surface area contributed by atoms with Crippen molar-refractivity contribution in [2.75, 3.05) is 0 Å². The zero-order valence-corrected chi connectivity index (χ0v) is 8.36. The van der Waals surface area contributed by atoms with Gasteiger partial charge in [-0.15, -0.1) is 0 Å². The molecule has 13 heavy (non-hydrogen) atoms. The SMILES string of the molecule is CC(C)(O)c1ccc(F)c(SN)c1. The van der Waals surface area contributed by atoms with Crippen molar-refractivity contribution in [2.45, 2.75) is 24.3 Å². The molecule has 0 aliphatic rings. The highest BCUT2D eigenvalue weighted by Gasteiger charge is 2.17. The lowest BCUT2D eigenvalue weighted by Gasteiger charge is -2.18. The van der Waals surface area contributed by atoms with E-state index in [4.69, 9.17) is 5.14 Å². The van der Waals surface area contributed by atoms with Gasteiger partial charge in [0.15, 0.2) is 0 Å². The number of halogens is 1. The molecule has 0 saturated heterocycles. The van der Waals surface area contributed by atoms with Gasteiger partial charge in [0, 0.05) is 0 Å². The Bertz CT molecular complexity index is 309. The minimum absolute atomic E-state index is 0.347. The minimum Gasteiger partial charge on any atom is -0.386 e. The molecular formula is C9H12FNOS. The van der Waals surface area contributed by atoms with E-state index >= 15 is 0 Å². The van der Waals surface area contributed by atoms with Crippen LogP contribution in [0.2, 0.25) is 0 Å². The second-order valence-electron chi connectivity index (χ2n) is 3.32. The van der Waals surface area contributed by atoms with E-state index < -0.39 is 5.60 Å². The number of aliphatic hydroxyl groups is 1. The van der Waals surface area contributed by atoms with Gasteiger partial charge < -0.3 is 5.11 Å². The molecular weight excluding hydrogens is 189 g/mol. The van der Waals surface area contributed by atoms with E-state index in [-0.39, 0.29) is 5.82 Å². The van der Waals surface area contributed by atoms with Gasteiger partial charge in [0.25, 0.3) is 0 Å². The molecule has 0 aliphatic carbocycles. The van der Waals surface area contributed by atoms with Crippen molar-refractivity contribution in [3.8, 4) is 0 Å². The van der Waals surface area contributed by atoms with E-state index in [1.54, 1.807) is 26.0 Å². The summed E-state index contributed by atoms with van der Waals surface area (Å²) in [6, 6.07) is 4.41. The fraction of sp³-hybridized carbons (Fsp3) is 0.333. The van der Waals surface area contributed by atoms with Gasteiger partial charge in [-0.25, -0.2) is 4.39 Å². The van der Waals surface area contributed by atoms with Crippen LogP contribution in [-0.2, 0) is 5.60 Å². The van der Waals surface area contributed by atoms with Crippen molar-refractivity contribution < 1.29 is 9.50 Å². The van der Waals surface area contributed by atoms with Crippen LogP contribution in [0.5, 0.6) is 0 Å². The quantitative estimate of drug-likeness (QED) is 0.719. The lowest BCUT2D eigenvalue weighted by molar-refractivity contribution is 0.0783. The first kappa shape index (κ1) is 10.5. The van der Waals surface area contributed by atoms with E-state index in [2.05, 4.69) is 0 Å². The van der Waals surface area contributed by atoms with E-state index in [0.717, 1.165) is 11.9 Å². The molecule has 1 rings (SSSR count). The van der Waals surface area contributed by atoms with Crippen molar-refractivity contribution in [3.05, 3.63) is 29.6 Å². The molecule has 0 unspecified atom stereocenters. The Morgan fingerprint density at radius 2 is 2.08 bits per heavy atom. The predicted octanol–water partition coefficient (Wildman–Crippen LogP) is 2.02. The highest BCUT2D eigenvalue weighted by atomic mass is 32.2. The maximum Gasteiger partial charge on any atom is 0.138 e. The average Bonchev–Trinajstić information content (AvgIpc) is 2.03. The molecule has 2 nitrogen and oxygen atoms in total. The molecule has 1 aromatic rings. The number of rotatable bonds is 2. The summed E-state index contributed by atoms with van der Waals surface area (Å²) in [5.41, 5.74) is -0.306. The highest BCUT2D eigenvalue weighted by molar-refractivity contribution is 7.97. The number of hydrogen-bond donors (Lipinski definition) is 2. The van der Waals surface area contributed by atoms with Crippen LogP contribution in [0.4, 0.5) is 4.39 Å². The first-order valence-corrected chi connectivity index (χ1v) is 4.72. The van der Waals surface area contributed by atoms with E-state index in [9.17, 15) is 9.50 Å². The van der Waals surface area contributed by atoms with E-state index in [1.807, 2.05) is 0 Å². The van der Waals surface area contributed by atoms with E-state index in [0.29, 0.717) is 10.5 Å². The summed E-state index contributed by atoms with van der Waals surface area (Å²) in [6.07, 6.45) is 0. The zero-order valence-electron chi connectivity index (χ0n) is 7.54. The third kappa shape index (κ3) is 2.43. The van der Waals surface area contributed by atoms with Crippen LogP contribution in [-0.4, -0.2) is 5.11 Å². The molecule has 4 heteroatoms. The standard InChI is InChI=1S/C9H12FNOS/c1-9(2,12)6-3-4-7(10)8(5-6)13-11/h3-5,12H,11H2,1-2H3. The molecule has 3 N–H and O–H groups in total. The maximum absolute atomic E-state index is 13.0. The van der Waals surface area contributed by atoms with Crippen molar-refractivity contribution in [2.24, 2.45) is 5.14 Å². The van der Waals surface area contributed by atoms with Gasteiger partial charge in [0.05, 0.1) is 10.5 Å². The molecule has 0 aliphatic heterocycles. The molecule has 0 radical (unpaired) electrons. The Labute approximate surface area is 81.1 Å². The Morgan fingerprint density at radius 1 is 1.46 bits per heavy atom. The first-order valence-electron chi connectivity index (χ1n) is 3.84. The van der Waals surface area contributed by atoms with Crippen molar-refractivity contribution in [1.82, 2.24) is 0 Å². The Kier molecular flexibility index (Phi) is 2.95. The first-order chi connectivity index (χ1) is 5.95. The lowest BCUT2D eigenvalue weighted by atomic mass is 9.99. The number of hydrogen-bond acceptors (Lipinski definition) is 3. The largest absolute Gasteiger partial charge is 0.386 e. The fourth-order valence-corrected chi connectivity index (χ4v) is 1.35. The van der Waals surface area contributed by atoms with Crippen LogP contribution < -0.4 is 5.14 Å². The highest BCUT2D eigenvalue weighted by Crippen LogP contribution is 2.25. The second kappa shape index (κ2) is 3.65. The van der Waals surface area contributed by atoms with Crippen LogP contribution in [0.1, 0.15) is 19.4 Å². The molecule has 0 amide bonds. The average molecular weight is 201 g/mol. The van der Waals surface area contributed by atoms with Crippen molar-refractivity contribution in [3.63, 3.8) is 0 Å². The number of benzene rings is 1. The van der Waals surface area contributed by atoms with Crippen LogP contribution >= 0.6 is 11.9 Å². The molecule has 0 bridgehead atoms. The fourth-order valence-electron chi connectivity index (χ4n) is 0.974. The molecule has 72 valence electrons. The van der Waals surface area contributed by atoms with Gasteiger partial charge >= 0.3 is 0 Å². The minimum atomic E-state index is -0.960. The van der Waals surface area contributed by atoms with Gasteiger partial charge in [0.1, 0.15) is 5.82 Å².